The monoisotopic (exact) mass is 332 g/mol. The zero-order chi connectivity index (χ0) is 17.2. The van der Waals surface area contributed by atoms with Crippen molar-refractivity contribution in [2.24, 2.45) is 5.92 Å². The summed E-state index contributed by atoms with van der Waals surface area (Å²) >= 11 is 0. The number of nitrogens with one attached hydrogen (secondary N) is 2. The highest BCUT2D eigenvalue weighted by molar-refractivity contribution is 6.00. The molecule has 3 aromatic rings. The normalized spacial score (nSPS) is 14.9. The third kappa shape index (κ3) is 3.31. The molecule has 1 fully saturated rings. The van der Waals surface area contributed by atoms with Gasteiger partial charge in [0.05, 0.1) is 17.3 Å². The SMILES string of the molecule is Cc1ccnc([C@@H](NC(=O)c2ccccc2-c2ncc[nH]2)C2CC2)c1. The fourth-order valence-corrected chi connectivity index (χ4v) is 3.11. The van der Waals surface area contributed by atoms with Crippen LogP contribution in [-0.4, -0.2) is 20.9 Å². The lowest BCUT2D eigenvalue weighted by Crippen LogP contribution is -2.31. The van der Waals surface area contributed by atoms with E-state index in [1.54, 1.807) is 12.4 Å². The zero-order valence-corrected chi connectivity index (χ0v) is 14.1. The largest absolute Gasteiger partial charge is 0.345 e. The second kappa shape index (κ2) is 6.51. The quantitative estimate of drug-likeness (QED) is 0.749. The first-order chi connectivity index (χ1) is 12.2. The predicted octanol–water partition coefficient (Wildman–Crippen LogP) is 3.66. The second-order valence-corrected chi connectivity index (χ2v) is 6.53. The lowest BCUT2D eigenvalue weighted by molar-refractivity contribution is 0.0931. The number of nitrogens with zero attached hydrogens (tertiary/aromatic N) is 2. The Bertz CT molecular complexity index is 884. The molecule has 4 rings (SSSR count). The average molecular weight is 332 g/mol. The Morgan fingerprint density at radius 2 is 2.04 bits per heavy atom. The molecule has 1 amide bonds. The number of carbonyl (C=O) groups excluding carboxylic acids is 1. The number of H-pyrrole nitrogens is 1. The summed E-state index contributed by atoms with van der Waals surface area (Å²) in [5.74, 6) is 1.07. The van der Waals surface area contributed by atoms with E-state index >= 15 is 0 Å². The number of aryl methyl sites for hydroxylation is 1. The Balaban J connectivity index is 1.63. The van der Waals surface area contributed by atoms with Crippen LogP contribution in [0.4, 0.5) is 0 Å². The smallest absolute Gasteiger partial charge is 0.252 e. The topological polar surface area (TPSA) is 70.7 Å². The van der Waals surface area contributed by atoms with E-state index in [1.807, 2.05) is 43.5 Å². The van der Waals surface area contributed by atoms with Crippen molar-refractivity contribution in [2.45, 2.75) is 25.8 Å². The number of benzene rings is 1. The lowest BCUT2D eigenvalue weighted by atomic mass is 10.0. The van der Waals surface area contributed by atoms with E-state index in [2.05, 4.69) is 26.3 Å². The van der Waals surface area contributed by atoms with E-state index in [0.717, 1.165) is 29.7 Å². The lowest BCUT2D eigenvalue weighted by Gasteiger charge is -2.19. The highest BCUT2D eigenvalue weighted by atomic mass is 16.1. The molecule has 126 valence electrons. The Labute approximate surface area is 146 Å². The summed E-state index contributed by atoms with van der Waals surface area (Å²) in [6.45, 7) is 2.04. The fourth-order valence-electron chi connectivity index (χ4n) is 3.11. The number of aromatic amines is 1. The maximum atomic E-state index is 13.0. The van der Waals surface area contributed by atoms with Crippen molar-refractivity contribution in [3.05, 3.63) is 71.8 Å². The summed E-state index contributed by atoms with van der Waals surface area (Å²) in [6, 6.07) is 11.5. The van der Waals surface area contributed by atoms with Gasteiger partial charge in [-0.2, -0.15) is 0 Å². The molecular weight excluding hydrogens is 312 g/mol. The summed E-state index contributed by atoms with van der Waals surface area (Å²) in [5, 5.41) is 3.20. The molecule has 2 heterocycles. The molecule has 1 saturated carbocycles. The number of hydrogen-bond acceptors (Lipinski definition) is 3. The third-order valence-electron chi connectivity index (χ3n) is 4.56. The van der Waals surface area contributed by atoms with E-state index in [0.29, 0.717) is 17.3 Å². The molecule has 0 unspecified atom stereocenters. The molecule has 5 nitrogen and oxygen atoms in total. The molecule has 0 bridgehead atoms. The van der Waals surface area contributed by atoms with Crippen LogP contribution in [-0.2, 0) is 0 Å². The van der Waals surface area contributed by atoms with Crippen molar-refractivity contribution in [1.82, 2.24) is 20.3 Å². The van der Waals surface area contributed by atoms with Gasteiger partial charge in [0.1, 0.15) is 5.82 Å². The van der Waals surface area contributed by atoms with Gasteiger partial charge >= 0.3 is 0 Å². The second-order valence-electron chi connectivity index (χ2n) is 6.53. The standard InChI is InChI=1S/C20H20N4O/c1-13-8-9-21-17(12-13)18(14-6-7-14)24-20(25)16-5-3-2-4-15(16)19-22-10-11-23-19/h2-5,8-12,14,18H,6-7H2,1H3,(H,22,23)(H,24,25)/t18-/m0/s1. The van der Waals surface area contributed by atoms with Gasteiger partial charge in [-0.1, -0.05) is 18.2 Å². The van der Waals surface area contributed by atoms with Crippen molar-refractivity contribution in [2.75, 3.05) is 0 Å². The minimum Gasteiger partial charge on any atom is -0.345 e. The van der Waals surface area contributed by atoms with Gasteiger partial charge in [-0.3, -0.25) is 9.78 Å². The van der Waals surface area contributed by atoms with E-state index in [9.17, 15) is 4.79 Å². The van der Waals surface area contributed by atoms with Gasteiger partial charge in [0.25, 0.3) is 5.91 Å². The number of amides is 1. The first-order valence-corrected chi connectivity index (χ1v) is 8.54. The van der Waals surface area contributed by atoms with Crippen LogP contribution in [0.3, 0.4) is 0 Å². The minimum atomic E-state index is -0.0905. The van der Waals surface area contributed by atoms with Crippen molar-refractivity contribution < 1.29 is 4.79 Å². The van der Waals surface area contributed by atoms with Gasteiger partial charge in [-0.05, 0) is 49.4 Å². The van der Waals surface area contributed by atoms with Gasteiger partial charge in [-0.25, -0.2) is 4.98 Å². The number of rotatable bonds is 5. The van der Waals surface area contributed by atoms with Crippen molar-refractivity contribution in [3.63, 3.8) is 0 Å². The van der Waals surface area contributed by atoms with Crippen LogP contribution >= 0.6 is 0 Å². The van der Waals surface area contributed by atoms with Gasteiger partial charge in [-0.15, -0.1) is 0 Å². The van der Waals surface area contributed by atoms with Crippen LogP contribution in [0.15, 0.2) is 55.0 Å². The number of hydrogen-bond donors (Lipinski definition) is 2. The Kier molecular flexibility index (Phi) is 4.06. The van der Waals surface area contributed by atoms with Crippen LogP contribution in [0, 0.1) is 12.8 Å². The summed E-state index contributed by atoms with van der Waals surface area (Å²) in [5.41, 5.74) is 3.51. The molecule has 5 heteroatoms. The maximum absolute atomic E-state index is 13.0. The summed E-state index contributed by atoms with van der Waals surface area (Å²) in [7, 11) is 0. The van der Waals surface area contributed by atoms with Crippen LogP contribution in [0.2, 0.25) is 0 Å². The first kappa shape index (κ1) is 15.6. The van der Waals surface area contributed by atoms with E-state index in [4.69, 9.17) is 0 Å². The summed E-state index contributed by atoms with van der Waals surface area (Å²) < 4.78 is 0. The third-order valence-corrected chi connectivity index (χ3v) is 4.56. The Hall–Kier alpha value is -2.95. The molecule has 2 aromatic heterocycles. The van der Waals surface area contributed by atoms with E-state index in [-0.39, 0.29) is 11.9 Å². The van der Waals surface area contributed by atoms with E-state index in [1.165, 1.54) is 0 Å². The fraction of sp³-hybridized carbons (Fsp3) is 0.250. The average Bonchev–Trinajstić information content (AvgIpc) is 3.32. The maximum Gasteiger partial charge on any atom is 0.252 e. The number of pyridine rings is 1. The zero-order valence-electron chi connectivity index (χ0n) is 14.1. The first-order valence-electron chi connectivity index (χ1n) is 8.54. The van der Waals surface area contributed by atoms with Gasteiger partial charge in [0, 0.05) is 24.2 Å². The number of aromatic nitrogens is 3. The van der Waals surface area contributed by atoms with Crippen LogP contribution in [0.25, 0.3) is 11.4 Å². The summed E-state index contributed by atoms with van der Waals surface area (Å²) in [6.07, 6.45) is 7.51. The van der Waals surface area contributed by atoms with Crippen LogP contribution < -0.4 is 5.32 Å². The van der Waals surface area contributed by atoms with E-state index < -0.39 is 0 Å². The highest BCUT2D eigenvalue weighted by Crippen LogP contribution is 2.40. The Morgan fingerprint density at radius 3 is 2.76 bits per heavy atom. The molecule has 0 saturated heterocycles. The van der Waals surface area contributed by atoms with Crippen molar-refractivity contribution in [3.8, 4) is 11.4 Å². The van der Waals surface area contributed by atoms with Gasteiger partial charge < -0.3 is 10.3 Å². The van der Waals surface area contributed by atoms with Crippen molar-refractivity contribution in [1.29, 1.82) is 0 Å². The van der Waals surface area contributed by atoms with Gasteiger partial charge in [0.15, 0.2) is 0 Å². The van der Waals surface area contributed by atoms with Gasteiger partial charge in [0.2, 0.25) is 0 Å². The molecule has 1 aromatic carbocycles. The van der Waals surface area contributed by atoms with Crippen molar-refractivity contribution >= 4 is 5.91 Å². The molecule has 1 aliphatic rings. The summed E-state index contributed by atoms with van der Waals surface area (Å²) in [4.78, 5) is 24.8. The molecule has 25 heavy (non-hydrogen) atoms. The molecular formula is C20H20N4O. The predicted molar refractivity (Wildman–Crippen MR) is 95.9 cm³/mol. The molecule has 1 atom stereocenters. The molecule has 1 aliphatic carbocycles. The number of carbonyl (C=O) groups is 1. The minimum absolute atomic E-state index is 0.0444. The Morgan fingerprint density at radius 1 is 1.20 bits per heavy atom. The highest BCUT2D eigenvalue weighted by Gasteiger charge is 2.34. The molecule has 0 aliphatic heterocycles. The number of imidazole rings is 1. The molecule has 0 spiro atoms. The van der Waals surface area contributed by atoms with Crippen LogP contribution in [0.1, 0.15) is 40.5 Å². The van der Waals surface area contributed by atoms with Crippen LogP contribution in [0.5, 0.6) is 0 Å². The molecule has 2 N–H and O–H groups in total. The molecule has 0 radical (unpaired) electrons.